The molecule has 0 aliphatic rings. The fourth-order valence-corrected chi connectivity index (χ4v) is 1.87. The van der Waals surface area contributed by atoms with E-state index in [2.05, 4.69) is 48.9 Å². The van der Waals surface area contributed by atoms with Crippen LogP contribution in [0, 0.1) is 11.2 Å². The summed E-state index contributed by atoms with van der Waals surface area (Å²) in [6, 6.07) is 5.04. The van der Waals surface area contributed by atoms with Crippen molar-refractivity contribution in [3.05, 3.63) is 28.5 Å². The third kappa shape index (κ3) is 5.83. The van der Waals surface area contributed by atoms with Crippen molar-refractivity contribution in [2.75, 3.05) is 13.2 Å². The lowest BCUT2D eigenvalue weighted by Crippen LogP contribution is -2.37. The molecule has 0 atom stereocenters. The highest BCUT2D eigenvalue weighted by Gasteiger charge is 2.19. The monoisotopic (exact) mass is 317 g/mol. The van der Waals surface area contributed by atoms with Crippen LogP contribution < -0.4 is 10.1 Å². The van der Waals surface area contributed by atoms with Crippen LogP contribution in [0.4, 0.5) is 4.39 Å². The topological polar surface area (TPSA) is 21.3 Å². The van der Waals surface area contributed by atoms with E-state index in [1.807, 2.05) is 0 Å². The van der Waals surface area contributed by atoms with Crippen LogP contribution in [0.2, 0.25) is 0 Å². The maximum absolute atomic E-state index is 13.2. The van der Waals surface area contributed by atoms with E-state index in [0.717, 1.165) is 6.54 Å². The SMILES string of the molecule is CC(C)NCC(C)(C)COc1cc(F)cc(Br)c1. The lowest BCUT2D eigenvalue weighted by Gasteiger charge is -2.26. The Bertz CT molecular complexity index is 373. The highest BCUT2D eigenvalue weighted by Crippen LogP contribution is 2.23. The number of hydrogen-bond donors (Lipinski definition) is 1. The molecule has 1 rings (SSSR count). The highest BCUT2D eigenvalue weighted by atomic mass is 79.9. The number of hydrogen-bond acceptors (Lipinski definition) is 2. The summed E-state index contributed by atoms with van der Waals surface area (Å²) in [6.07, 6.45) is 0. The van der Waals surface area contributed by atoms with Gasteiger partial charge < -0.3 is 10.1 Å². The Morgan fingerprint density at radius 2 is 2.00 bits per heavy atom. The third-order valence-corrected chi connectivity index (χ3v) is 2.91. The normalized spacial score (nSPS) is 11.9. The van der Waals surface area contributed by atoms with Gasteiger partial charge in [-0.2, -0.15) is 0 Å². The molecule has 0 aliphatic carbocycles. The van der Waals surface area contributed by atoms with E-state index in [4.69, 9.17) is 4.74 Å². The van der Waals surface area contributed by atoms with E-state index in [1.165, 1.54) is 12.1 Å². The van der Waals surface area contributed by atoms with Crippen molar-refractivity contribution in [3.8, 4) is 5.75 Å². The Labute approximate surface area is 117 Å². The fourth-order valence-electron chi connectivity index (χ4n) is 1.42. The van der Waals surface area contributed by atoms with Crippen LogP contribution in [0.25, 0.3) is 0 Å². The molecular formula is C14H21BrFNO. The first-order valence-corrected chi connectivity index (χ1v) is 6.90. The van der Waals surface area contributed by atoms with Crippen LogP contribution in [0.15, 0.2) is 22.7 Å². The van der Waals surface area contributed by atoms with Gasteiger partial charge in [0.25, 0.3) is 0 Å². The van der Waals surface area contributed by atoms with Gasteiger partial charge in [0.15, 0.2) is 0 Å². The molecule has 0 aliphatic heterocycles. The van der Waals surface area contributed by atoms with Crippen molar-refractivity contribution < 1.29 is 9.13 Å². The molecule has 0 aromatic heterocycles. The maximum Gasteiger partial charge on any atom is 0.128 e. The molecule has 0 unspecified atom stereocenters. The molecule has 2 nitrogen and oxygen atoms in total. The second-order valence-corrected chi connectivity index (χ2v) is 6.51. The van der Waals surface area contributed by atoms with Gasteiger partial charge in [-0.15, -0.1) is 0 Å². The van der Waals surface area contributed by atoms with Gasteiger partial charge in [0.1, 0.15) is 11.6 Å². The van der Waals surface area contributed by atoms with Crippen molar-refractivity contribution >= 4 is 15.9 Å². The first-order valence-electron chi connectivity index (χ1n) is 6.11. The predicted molar refractivity (Wildman–Crippen MR) is 76.5 cm³/mol. The molecule has 0 fully saturated rings. The molecule has 0 spiro atoms. The summed E-state index contributed by atoms with van der Waals surface area (Å²) in [5, 5.41) is 3.38. The van der Waals surface area contributed by atoms with Crippen molar-refractivity contribution in [2.45, 2.75) is 33.7 Å². The summed E-state index contributed by atoms with van der Waals surface area (Å²) in [5.41, 5.74) is 0.00304. The predicted octanol–water partition coefficient (Wildman–Crippen LogP) is 3.99. The quantitative estimate of drug-likeness (QED) is 0.856. The molecule has 18 heavy (non-hydrogen) atoms. The molecule has 1 aromatic rings. The van der Waals surface area contributed by atoms with Crippen LogP contribution in [0.5, 0.6) is 5.75 Å². The van der Waals surface area contributed by atoms with Crippen LogP contribution in [-0.4, -0.2) is 19.2 Å². The summed E-state index contributed by atoms with van der Waals surface area (Å²) in [7, 11) is 0. The van der Waals surface area contributed by atoms with Gasteiger partial charge in [-0.3, -0.25) is 0 Å². The Hall–Kier alpha value is -0.610. The van der Waals surface area contributed by atoms with E-state index in [0.29, 0.717) is 22.9 Å². The van der Waals surface area contributed by atoms with E-state index in [9.17, 15) is 4.39 Å². The molecule has 0 saturated heterocycles. The molecule has 0 radical (unpaired) electrons. The second-order valence-electron chi connectivity index (χ2n) is 5.59. The summed E-state index contributed by atoms with van der Waals surface area (Å²) >= 11 is 3.25. The van der Waals surface area contributed by atoms with Crippen LogP contribution in [0.1, 0.15) is 27.7 Å². The molecule has 4 heteroatoms. The zero-order chi connectivity index (χ0) is 13.8. The summed E-state index contributed by atoms with van der Waals surface area (Å²) in [4.78, 5) is 0. The molecule has 0 heterocycles. The van der Waals surface area contributed by atoms with E-state index < -0.39 is 0 Å². The smallest absolute Gasteiger partial charge is 0.128 e. The fraction of sp³-hybridized carbons (Fsp3) is 0.571. The minimum atomic E-state index is -0.294. The Balaban J connectivity index is 2.52. The molecule has 0 amide bonds. The van der Waals surface area contributed by atoms with Gasteiger partial charge in [-0.1, -0.05) is 43.6 Å². The number of benzene rings is 1. The number of rotatable bonds is 6. The molecule has 1 aromatic carbocycles. The zero-order valence-electron chi connectivity index (χ0n) is 11.4. The van der Waals surface area contributed by atoms with Gasteiger partial charge >= 0.3 is 0 Å². The third-order valence-electron chi connectivity index (χ3n) is 2.45. The number of ether oxygens (including phenoxy) is 1. The first kappa shape index (κ1) is 15.4. The molecular weight excluding hydrogens is 297 g/mol. The zero-order valence-corrected chi connectivity index (χ0v) is 13.0. The molecule has 1 N–H and O–H groups in total. The molecule has 0 bridgehead atoms. The van der Waals surface area contributed by atoms with Crippen molar-refractivity contribution in [1.82, 2.24) is 5.32 Å². The van der Waals surface area contributed by atoms with Crippen molar-refractivity contribution in [2.24, 2.45) is 5.41 Å². The van der Waals surface area contributed by atoms with E-state index in [-0.39, 0.29) is 11.2 Å². The van der Waals surface area contributed by atoms with E-state index in [1.54, 1.807) is 6.07 Å². The van der Waals surface area contributed by atoms with Gasteiger partial charge in [0, 0.05) is 28.5 Å². The summed E-state index contributed by atoms with van der Waals surface area (Å²) in [6.45, 7) is 9.87. The van der Waals surface area contributed by atoms with Gasteiger partial charge in [-0.05, 0) is 12.1 Å². The lowest BCUT2D eigenvalue weighted by molar-refractivity contribution is 0.173. The minimum Gasteiger partial charge on any atom is -0.493 e. The summed E-state index contributed by atoms with van der Waals surface area (Å²) in [5.74, 6) is 0.261. The summed E-state index contributed by atoms with van der Waals surface area (Å²) < 4.78 is 19.5. The minimum absolute atomic E-state index is 0.00304. The number of nitrogens with one attached hydrogen (secondary N) is 1. The molecule has 102 valence electrons. The average molecular weight is 318 g/mol. The van der Waals surface area contributed by atoms with Crippen LogP contribution in [0.3, 0.4) is 0 Å². The highest BCUT2D eigenvalue weighted by molar-refractivity contribution is 9.10. The lowest BCUT2D eigenvalue weighted by atomic mass is 9.94. The first-order chi connectivity index (χ1) is 8.28. The van der Waals surface area contributed by atoms with E-state index >= 15 is 0 Å². The van der Waals surface area contributed by atoms with Crippen LogP contribution >= 0.6 is 15.9 Å². The van der Waals surface area contributed by atoms with Gasteiger partial charge in [-0.25, -0.2) is 4.39 Å². The van der Waals surface area contributed by atoms with Gasteiger partial charge in [0.05, 0.1) is 6.61 Å². The Morgan fingerprint density at radius 1 is 1.33 bits per heavy atom. The second kappa shape index (κ2) is 6.53. The average Bonchev–Trinajstić information content (AvgIpc) is 2.23. The number of halogens is 2. The van der Waals surface area contributed by atoms with Gasteiger partial charge in [0.2, 0.25) is 0 Å². The maximum atomic E-state index is 13.2. The Kier molecular flexibility index (Phi) is 5.60. The van der Waals surface area contributed by atoms with Crippen molar-refractivity contribution in [3.63, 3.8) is 0 Å². The largest absolute Gasteiger partial charge is 0.493 e. The standard InChI is InChI=1S/C14H21BrFNO/c1-10(2)17-8-14(3,4)9-18-13-6-11(15)5-12(16)7-13/h5-7,10,17H,8-9H2,1-4H3. The van der Waals surface area contributed by atoms with Crippen molar-refractivity contribution in [1.29, 1.82) is 0 Å². The van der Waals surface area contributed by atoms with Crippen LogP contribution in [-0.2, 0) is 0 Å². The Morgan fingerprint density at radius 3 is 2.56 bits per heavy atom. The molecule has 0 saturated carbocycles.